The molecule has 1 heterocycles. The Bertz CT molecular complexity index is 1230. The number of fused-ring (bicyclic) bond motifs is 1. The van der Waals surface area contributed by atoms with Gasteiger partial charge in [-0.3, -0.25) is 14.4 Å². The van der Waals surface area contributed by atoms with E-state index in [1.54, 1.807) is 6.07 Å². The van der Waals surface area contributed by atoms with Crippen LogP contribution in [0.1, 0.15) is 91.3 Å². The van der Waals surface area contributed by atoms with E-state index < -0.39 is 5.91 Å². The van der Waals surface area contributed by atoms with E-state index in [9.17, 15) is 14.4 Å². The highest BCUT2D eigenvalue weighted by molar-refractivity contribution is 6.01. The number of hydrogen-bond donors (Lipinski definition) is 4. The van der Waals surface area contributed by atoms with E-state index in [-0.39, 0.29) is 35.4 Å². The van der Waals surface area contributed by atoms with Crippen LogP contribution in [-0.2, 0) is 16.0 Å². The number of nitrogens with two attached hydrogens (primary N) is 2. The number of amides is 1. The molecular formula is C30H43N5O4. The minimum absolute atomic E-state index is 0.110. The van der Waals surface area contributed by atoms with E-state index in [0.29, 0.717) is 30.8 Å². The predicted octanol–water partition coefficient (Wildman–Crippen LogP) is 3.63. The van der Waals surface area contributed by atoms with Crippen LogP contribution in [0.15, 0.2) is 24.4 Å². The van der Waals surface area contributed by atoms with Crippen molar-refractivity contribution in [2.75, 3.05) is 18.4 Å². The van der Waals surface area contributed by atoms with Gasteiger partial charge in [-0.25, -0.2) is 0 Å². The van der Waals surface area contributed by atoms with E-state index in [4.69, 9.17) is 16.2 Å². The quantitative estimate of drug-likeness (QED) is 0.268. The van der Waals surface area contributed by atoms with Gasteiger partial charge in [0.1, 0.15) is 12.1 Å². The summed E-state index contributed by atoms with van der Waals surface area (Å²) in [6.45, 7) is 9.30. The maximum atomic E-state index is 12.9. The molecule has 1 atom stereocenters. The fraction of sp³-hybridized carbons (Fsp3) is 0.567. The fourth-order valence-electron chi connectivity index (χ4n) is 5.84. The molecule has 4 rings (SSSR count). The lowest BCUT2D eigenvalue weighted by molar-refractivity contribution is -0.152. The smallest absolute Gasteiger partial charge is 0.323 e. The third-order valence-electron chi connectivity index (χ3n) is 7.91. The second-order valence-corrected chi connectivity index (χ2v) is 11.9. The van der Waals surface area contributed by atoms with E-state index in [2.05, 4.69) is 29.0 Å². The lowest BCUT2D eigenvalue weighted by Gasteiger charge is -2.31. The van der Waals surface area contributed by atoms with Crippen molar-refractivity contribution in [3.63, 3.8) is 0 Å². The Morgan fingerprint density at radius 1 is 1.18 bits per heavy atom. The Morgan fingerprint density at radius 3 is 2.56 bits per heavy atom. The number of nitrogens with one attached hydrogen (secondary N) is 2. The summed E-state index contributed by atoms with van der Waals surface area (Å²) in [5, 5.41) is 6.68. The van der Waals surface area contributed by atoms with Gasteiger partial charge >= 0.3 is 5.97 Å². The number of benzene rings is 1. The predicted molar refractivity (Wildman–Crippen MR) is 152 cm³/mol. The highest BCUT2D eigenvalue weighted by Crippen LogP contribution is 2.38. The first-order valence-corrected chi connectivity index (χ1v) is 14.1. The van der Waals surface area contributed by atoms with Gasteiger partial charge in [-0.1, -0.05) is 13.8 Å². The van der Waals surface area contributed by atoms with Crippen LogP contribution in [0.2, 0.25) is 0 Å². The monoisotopic (exact) mass is 537 g/mol. The molecule has 0 bridgehead atoms. The maximum Gasteiger partial charge on any atom is 0.323 e. The first-order chi connectivity index (χ1) is 18.5. The van der Waals surface area contributed by atoms with Gasteiger partial charge in [0.2, 0.25) is 0 Å². The van der Waals surface area contributed by atoms with Crippen molar-refractivity contribution >= 4 is 23.3 Å². The van der Waals surface area contributed by atoms with Crippen molar-refractivity contribution < 1.29 is 19.1 Å². The zero-order valence-corrected chi connectivity index (χ0v) is 23.6. The van der Waals surface area contributed by atoms with Crippen molar-refractivity contribution in [1.29, 1.82) is 0 Å². The van der Waals surface area contributed by atoms with Crippen LogP contribution in [-0.4, -0.2) is 53.5 Å². The van der Waals surface area contributed by atoms with Crippen LogP contribution in [0.5, 0.6) is 0 Å². The lowest BCUT2D eigenvalue weighted by Crippen LogP contribution is -2.39. The van der Waals surface area contributed by atoms with Crippen molar-refractivity contribution in [2.45, 2.75) is 90.8 Å². The van der Waals surface area contributed by atoms with Gasteiger partial charge < -0.3 is 31.4 Å². The van der Waals surface area contributed by atoms with Gasteiger partial charge in [-0.05, 0) is 94.6 Å². The van der Waals surface area contributed by atoms with Gasteiger partial charge in [0.15, 0.2) is 5.78 Å². The number of rotatable bonds is 10. The number of esters is 1. The first kappa shape index (κ1) is 28.8. The summed E-state index contributed by atoms with van der Waals surface area (Å²) in [6, 6.07) is 5.35. The molecule has 212 valence electrons. The van der Waals surface area contributed by atoms with Gasteiger partial charge in [0.05, 0.1) is 5.56 Å². The van der Waals surface area contributed by atoms with E-state index in [1.165, 1.54) is 0 Å². The lowest BCUT2D eigenvalue weighted by atomic mass is 9.75. The third-order valence-corrected chi connectivity index (χ3v) is 7.91. The molecule has 1 amide bonds. The molecule has 9 heteroatoms. The van der Waals surface area contributed by atoms with Crippen LogP contribution in [0.3, 0.4) is 0 Å². The number of ether oxygens (including phenoxy) is 1. The molecule has 6 N–H and O–H groups in total. The highest BCUT2D eigenvalue weighted by Gasteiger charge is 2.35. The number of Topliss-reactive ketones (excluding diaryl/α,β-unsaturated/α-hetero) is 1. The topological polar surface area (TPSA) is 141 Å². The standard InChI is InChI=1S/C30H43N5O4/c1-18-17-35(25-15-30(3,4)16-26(36)27(18)25)21-8-11-23(28(32)37)24(14-21)34-20-6-9-22(10-7-20)39-29(38)19(2)33-13-5-12-31/h8,11,14,17,19-20,22,33-34H,5-7,9-10,12-13,15-16,31H2,1-4H3,(H2,32,37)/t19-,20?,22?/m0/s1. The normalized spacial score (nSPS) is 21.2. The van der Waals surface area contributed by atoms with E-state index in [0.717, 1.165) is 61.0 Å². The molecule has 1 aromatic heterocycles. The highest BCUT2D eigenvalue weighted by atomic mass is 16.5. The number of ketones is 1. The number of carbonyl (C=O) groups excluding carboxylic acids is 3. The van der Waals surface area contributed by atoms with Crippen LogP contribution in [0, 0.1) is 12.3 Å². The molecule has 2 aliphatic carbocycles. The number of aryl methyl sites for hydroxylation is 1. The Kier molecular flexibility index (Phi) is 8.81. The first-order valence-electron chi connectivity index (χ1n) is 14.1. The summed E-state index contributed by atoms with van der Waals surface area (Å²) >= 11 is 0. The van der Waals surface area contributed by atoms with Crippen LogP contribution < -0.4 is 22.1 Å². The zero-order chi connectivity index (χ0) is 28.3. The molecule has 1 saturated carbocycles. The summed E-state index contributed by atoms with van der Waals surface area (Å²) in [5.74, 6) is -0.549. The number of nitrogens with zero attached hydrogens (tertiary/aromatic N) is 1. The molecule has 0 unspecified atom stereocenters. The summed E-state index contributed by atoms with van der Waals surface area (Å²) in [4.78, 5) is 37.6. The van der Waals surface area contributed by atoms with Gasteiger partial charge in [-0.15, -0.1) is 0 Å². The molecule has 0 aliphatic heterocycles. The second kappa shape index (κ2) is 11.9. The molecule has 1 fully saturated rings. The Hall–Kier alpha value is -3.17. The molecule has 0 saturated heterocycles. The largest absolute Gasteiger partial charge is 0.461 e. The van der Waals surface area contributed by atoms with Crippen molar-refractivity contribution in [2.24, 2.45) is 16.9 Å². The van der Waals surface area contributed by atoms with E-state index >= 15 is 0 Å². The van der Waals surface area contributed by atoms with Crippen molar-refractivity contribution in [3.8, 4) is 5.69 Å². The van der Waals surface area contributed by atoms with Crippen molar-refractivity contribution in [1.82, 2.24) is 9.88 Å². The second-order valence-electron chi connectivity index (χ2n) is 11.9. The molecular weight excluding hydrogens is 494 g/mol. The molecule has 39 heavy (non-hydrogen) atoms. The Morgan fingerprint density at radius 2 is 1.90 bits per heavy atom. The molecule has 2 aromatic rings. The average Bonchev–Trinajstić information content (AvgIpc) is 3.20. The summed E-state index contributed by atoms with van der Waals surface area (Å²) in [6.07, 6.45) is 7.13. The maximum absolute atomic E-state index is 12.9. The average molecular weight is 538 g/mol. The van der Waals surface area contributed by atoms with Gasteiger partial charge in [0, 0.05) is 41.3 Å². The van der Waals surface area contributed by atoms with Crippen LogP contribution in [0.4, 0.5) is 5.69 Å². The molecule has 0 spiro atoms. The summed E-state index contributed by atoms with van der Waals surface area (Å²) < 4.78 is 7.82. The number of carbonyl (C=O) groups is 3. The Balaban J connectivity index is 1.46. The number of primary amides is 1. The fourth-order valence-corrected chi connectivity index (χ4v) is 5.84. The minimum Gasteiger partial charge on any atom is -0.461 e. The SMILES string of the molecule is Cc1cn(-c2ccc(C(N)=O)c(NC3CCC(OC(=O)[C@H](C)NCCCN)CC3)c2)c2c1C(=O)CC(C)(C)C2. The Labute approximate surface area is 231 Å². The number of aromatic nitrogens is 1. The molecule has 9 nitrogen and oxygen atoms in total. The van der Waals surface area contributed by atoms with Crippen LogP contribution in [0.25, 0.3) is 5.69 Å². The summed E-state index contributed by atoms with van der Waals surface area (Å²) in [5.41, 5.74) is 15.9. The number of anilines is 1. The summed E-state index contributed by atoms with van der Waals surface area (Å²) in [7, 11) is 0. The molecule has 0 radical (unpaired) electrons. The molecule has 2 aliphatic rings. The molecule has 1 aromatic carbocycles. The minimum atomic E-state index is -0.496. The third kappa shape index (κ3) is 6.70. The van der Waals surface area contributed by atoms with Crippen molar-refractivity contribution in [3.05, 3.63) is 46.8 Å². The zero-order valence-electron chi connectivity index (χ0n) is 23.6. The number of hydrogen-bond acceptors (Lipinski definition) is 7. The van der Waals surface area contributed by atoms with Gasteiger partial charge in [0.25, 0.3) is 5.91 Å². The van der Waals surface area contributed by atoms with Crippen LogP contribution >= 0.6 is 0 Å². The van der Waals surface area contributed by atoms with Gasteiger partial charge in [-0.2, -0.15) is 0 Å². The van der Waals surface area contributed by atoms with E-state index in [1.807, 2.05) is 32.2 Å².